The molecular formula is C13H16O3. The molecule has 1 fully saturated rings. The van der Waals surface area contributed by atoms with Crippen molar-refractivity contribution in [2.45, 2.75) is 19.3 Å². The molecule has 0 atom stereocenters. The second-order valence-electron chi connectivity index (χ2n) is 4.11. The Morgan fingerprint density at radius 3 is 2.62 bits per heavy atom. The minimum Gasteiger partial charge on any atom is -0.493 e. The number of hydrogen-bond acceptors (Lipinski definition) is 3. The summed E-state index contributed by atoms with van der Waals surface area (Å²) in [5.74, 6) is 1.90. The monoisotopic (exact) mass is 220 g/mol. The molecule has 1 saturated carbocycles. The molecule has 0 radical (unpaired) electrons. The van der Waals surface area contributed by atoms with Gasteiger partial charge in [0.05, 0.1) is 19.8 Å². The van der Waals surface area contributed by atoms with Crippen molar-refractivity contribution in [3.63, 3.8) is 0 Å². The summed E-state index contributed by atoms with van der Waals surface area (Å²) in [4.78, 5) is 12.0. The highest BCUT2D eigenvalue weighted by atomic mass is 16.5. The number of carbonyl (C=O) groups is 1. The van der Waals surface area contributed by atoms with Gasteiger partial charge in [-0.05, 0) is 30.9 Å². The normalized spacial score (nSPS) is 14.6. The van der Waals surface area contributed by atoms with Gasteiger partial charge in [0.15, 0.2) is 17.3 Å². The fourth-order valence-electron chi connectivity index (χ4n) is 1.80. The van der Waals surface area contributed by atoms with E-state index < -0.39 is 0 Å². The topological polar surface area (TPSA) is 35.5 Å². The van der Waals surface area contributed by atoms with Gasteiger partial charge >= 0.3 is 0 Å². The number of para-hydroxylation sites is 1. The van der Waals surface area contributed by atoms with Gasteiger partial charge in [-0.1, -0.05) is 6.07 Å². The molecule has 0 amide bonds. The Morgan fingerprint density at radius 2 is 2.06 bits per heavy atom. The Hall–Kier alpha value is -1.51. The summed E-state index contributed by atoms with van der Waals surface area (Å²) in [6.45, 7) is 0. The molecule has 1 aliphatic carbocycles. The number of benzene rings is 1. The van der Waals surface area contributed by atoms with Crippen LogP contribution in [0.3, 0.4) is 0 Å². The summed E-state index contributed by atoms with van der Waals surface area (Å²) < 4.78 is 10.4. The number of rotatable bonds is 5. The van der Waals surface area contributed by atoms with Crippen LogP contribution in [0.4, 0.5) is 0 Å². The van der Waals surface area contributed by atoms with Crippen LogP contribution in [0.2, 0.25) is 0 Å². The molecule has 1 aliphatic rings. The number of hydrogen-bond donors (Lipinski definition) is 0. The van der Waals surface area contributed by atoms with E-state index in [1.54, 1.807) is 26.4 Å². The maximum atomic E-state index is 12.0. The van der Waals surface area contributed by atoms with Gasteiger partial charge in [-0.25, -0.2) is 0 Å². The standard InChI is InChI=1S/C13H16O3/c1-15-12-5-3-4-10(13(12)16-2)11(14)8-9-6-7-9/h3-5,9H,6-8H2,1-2H3. The van der Waals surface area contributed by atoms with Crippen molar-refractivity contribution in [1.82, 2.24) is 0 Å². The van der Waals surface area contributed by atoms with E-state index in [4.69, 9.17) is 9.47 Å². The van der Waals surface area contributed by atoms with Crippen LogP contribution >= 0.6 is 0 Å². The van der Waals surface area contributed by atoms with Gasteiger partial charge in [0.1, 0.15) is 0 Å². The molecule has 0 N–H and O–H groups in total. The second-order valence-corrected chi connectivity index (χ2v) is 4.11. The zero-order valence-electron chi connectivity index (χ0n) is 9.66. The van der Waals surface area contributed by atoms with Crippen molar-refractivity contribution >= 4 is 5.78 Å². The van der Waals surface area contributed by atoms with Gasteiger partial charge in [-0.15, -0.1) is 0 Å². The minimum atomic E-state index is 0.151. The first-order valence-corrected chi connectivity index (χ1v) is 5.50. The summed E-state index contributed by atoms with van der Waals surface area (Å²) in [6.07, 6.45) is 2.99. The quantitative estimate of drug-likeness (QED) is 0.716. The highest BCUT2D eigenvalue weighted by Gasteiger charge is 2.26. The van der Waals surface area contributed by atoms with Crippen LogP contribution in [0.1, 0.15) is 29.6 Å². The molecule has 2 rings (SSSR count). The third-order valence-electron chi connectivity index (χ3n) is 2.87. The molecule has 1 aromatic rings. The molecule has 3 nitrogen and oxygen atoms in total. The molecular weight excluding hydrogens is 204 g/mol. The molecule has 0 aromatic heterocycles. The summed E-state index contributed by atoms with van der Waals surface area (Å²) >= 11 is 0. The van der Waals surface area contributed by atoms with Crippen LogP contribution in [-0.4, -0.2) is 20.0 Å². The van der Waals surface area contributed by atoms with E-state index in [0.717, 1.165) is 0 Å². The van der Waals surface area contributed by atoms with E-state index >= 15 is 0 Å². The summed E-state index contributed by atoms with van der Waals surface area (Å²) in [6, 6.07) is 5.42. The van der Waals surface area contributed by atoms with Crippen LogP contribution in [0, 0.1) is 5.92 Å². The third kappa shape index (κ3) is 2.18. The van der Waals surface area contributed by atoms with E-state index in [2.05, 4.69) is 0 Å². The first-order valence-electron chi connectivity index (χ1n) is 5.50. The fraction of sp³-hybridized carbons (Fsp3) is 0.462. The summed E-state index contributed by atoms with van der Waals surface area (Å²) in [5, 5.41) is 0. The molecule has 86 valence electrons. The van der Waals surface area contributed by atoms with Crippen LogP contribution < -0.4 is 9.47 Å². The average Bonchev–Trinajstić information content (AvgIpc) is 3.11. The molecule has 3 heteroatoms. The molecule has 0 spiro atoms. The highest BCUT2D eigenvalue weighted by molar-refractivity contribution is 5.99. The van der Waals surface area contributed by atoms with Gasteiger partial charge in [-0.2, -0.15) is 0 Å². The molecule has 0 unspecified atom stereocenters. The van der Waals surface area contributed by atoms with Crippen molar-refractivity contribution < 1.29 is 14.3 Å². The fourth-order valence-corrected chi connectivity index (χ4v) is 1.80. The SMILES string of the molecule is COc1cccc(C(=O)CC2CC2)c1OC. The summed E-state index contributed by atoms with van der Waals surface area (Å²) in [5.41, 5.74) is 0.633. The van der Waals surface area contributed by atoms with Crippen molar-refractivity contribution in [3.8, 4) is 11.5 Å². The number of Topliss-reactive ketones (excluding diaryl/α,β-unsaturated/α-hetero) is 1. The van der Waals surface area contributed by atoms with Crippen molar-refractivity contribution in [2.75, 3.05) is 14.2 Å². The molecule has 0 bridgehead atoms. The largest absolute Gasteiger partial charge is 0.493 e. The van der Waals surface area contributed by atoms with E-state index in [-0.39, 0.29) is 5.78 Å². The number of carbonyl (C=O) groups excluding carboxylic acids is 1. The summed E-state index contributed by atoms with van der Waals surface area (Å²) in [7, 11) is 3.14. The Kier molecular flexibility index (Phi) is 3.13. The van der Waals surface area contributed by atoms with Crippen molar-refractivity contribution in [2.24, 2.45) is 5.92 Å². The van der Waals surface area contributed by atoms with Crippen LogP contribution in [0.5, 0.6) is 11.5 Å². The predicted octanol–water partition coefficient (Wildman–Crippen LogP) is 2.69. The van der Waals surface area contributed by atoms with Crippen LogP contribution in [0.25, 0.3) is 0 Å². The van der Waals surface area contributed by atoms with Gasteiger partial charge in [-0.3, -0.25) is 4.79 Å². The molecule has 0 heterocycles. The zero-order valence-corrected chi connectivity index (χ0v) is 9.66. The van der Waals surface area contributed by atoms with Gasteiger partial charge in [0.2, 0.25) is 0 Å². The minimum absolute atomic E-state index is 0.151. The van der Waals surface area contributed by atoms with E-state index in [1.165, 1.54) is 12.8 Å². The molecule has 0 aliphatic heterocycles. The van der Waals surface area contributed by atoms with Gasteiger partial charge in [0.25, 0.3) is 0 Å². The van der Waals surface area contributed by atoms with E-state index in [0.29, 0.717) is 29.4 Å². The molecule has 0 saturated heterocycles. The van der Waals surface area contributed by atoms with E-state index in [1.807, 2.05) is 6.07 Å². The van der Waals surface area contributed by atoms with Gasteiger partial charge in [0, 0.05) is 6.42 Å². The lowest BCUT2D eigenvalue weighted by Crippen LogP contribution is -2.04. The highest BCUT2D eigenvalue weighted by Crippen LogP contribution is 2.37. The maximum absolute atomic E-state index is 12.0. The van der Waals surface area contributed by atoms with Crippen LogP contribution in [-0.2, 0) is 0 Å². The maximum Gasteiger partial charge on any atom is 0.171 e. The predicted molar refractivity (Wildman–Crippen MR) is 61.2 cm³/mol. The Morgan fingerprint density at radius 1 is 1.31 bits per heavy atom. The van der Waals surface area contributed by atoms with E-state index in [9.17, 15) is 4.79 Å². The zero-order chi connectivity index (χ0) is 11.5. The smallest absolute Gasteiger partial charge is 0.171 e. The Labute approximate surface area is 95.4 Å². The number of methoxy groups -OCH3 is 2. The first kappa shape index (κ1) is 11.0. The third-order valence-corrected chi connectivity index (χ3v) is 2.87. The van der Waals surface area contributed by atoms with Crippen molar-refractivity contribution in [3.05, 3.63) is 23.8 Å². The lowest BCUT2D eigenvalue weighted by molar-refractivity contribution is 0.0972. The lowest BCUT2D eigenvalue weighted by Gasteiger charge is -2.11. The Bertz CT molecular complexity index is 394. The lowest BCUT2D eigenvalue weighted by atomic mass is 10.0. The first-order chi connectivity index (χ1) is 7.76. The Balaban J connectivity index is 2.26. The number of ketones is 1. The average molecular weight is 220 g/mol. The van der Waals surface area contributed by atoms with Crippen molar-refractivity contribution in [1.29, 1.82) is 0 Å². The van der Waals surface area contributed by atoms with Crippen LogP contribution in [0.15, 0.2) is 18.2 Å². The number of ether oxygens (including phenoxy) is 2. The van der Waals surface area contributed by atoms with Gasteiger partial charge < -0.3 is 9.47 Å². The molecule has 16 heavy (non-hydrogen) atoms. The second kappa shape index (κ2) is 4.56. The molecule has 1 aromatic carbocycles.